The van der Waals surface area contributed by atoms with Gasteiger partial charge in [-0.05, 0) is 28.1 Å². The van der Waals surface area contributed by atoms with E-state index in [1.54, 1.807) is 6.07 Å². The summed E-state index contributed by atoms with van der Waals surface area (Å²) in [6.07, 6.45) is 0. The van der Waals surface area contributed by atoms with Crippen molar-refractivity contribution in [3.63, 3.8) is 0 Å². The zero-order chi connectivity index (χ0) is 12.3. The largest absolute Gasteiger partial charge is 0.545 e. The summed E-state index contributed by atoms with van der Waals surface area (Å²) < 4.78 is 5.96. The minimum atomic E-state index is -1.40. The summed E-state index contributed by atoms with van der Waals surface area (Å²) in [4.78, 5) is 22.0. The Kier molecular flexibility index (Phi) is 5.19. The van der Waals surface area contributed by atoms with E-state index in [-0.39, 0.29) is 15.7 Å². The van der Waals surface area contributed by atoms with E-state index in [4.69, 9.17) is 4.74 Å². The van der Waals surface area contributed by atoms with E-state index in [0.29, 0.717) is 8.95 Å². The molecular weight excluding hydrogens is 459 g/mol. The Labute approximate surface area is 122 Å². The molecule has 0 aliphatic rings. The van der Waals surface area contributed by atoms with Crippen molar-refractivity contribution in [1.82, 2.24) is 0 Å². The van der Waals surface area contributed by atoms with Crippen LogP contribution in [-0.2, 0) is 4.79 Å². The smallest absolute Gasteiger partial charge is 0.321 e. The van der Waals surface area contributed by atoms with Gasteiger partial charge in [0.25, 0.3) is 0 Å². The highest BCUT2D eigenvalue weighted by Gasteiger charge is 2.14. The monoisotopic (exact) mass is 461 g/mol. The third-order valence-electron chi connectivity index (χ3n) is 1.55. The number of carbonyl (C=O) groups is 2. The third kappa shape index (κ3) is 3.42. The van der Waals surface area contributed by atoms with E-state index in [1.807, 2.05) is 22.6 Å². The van der Waals surface area contributed by atoms with Gasteiger partial charge in [-0.25, -0.2) is 0 Å². The lowest BCUT2D eigenvalue weighted by Gasteiger charge is -2.12. The van der Waals surface area contributed by atoms with Crippen LogP contribution in [0.3, 0.4) is 0 Å². The molecule has 0 saturated carbocycles. The average Bonchev–Trinajstić information content (AvgIpc) is 2.20. The van der Waals surface area contributed by atoms with Gasteiger partial charge in [0.15, 0.2) is 5.75 Å². The maximum absolute atomic E-state index is 11.1. The van der Waals surface area contributed by atoms with Crippen LogP contribution in [0.5, 0.6) is 5.75 Å². The van der Waals surface area contributed by atoms with Crippen molar-refractivity contribution in [1.29, 1.82) is 0 Å². The number of carboxylic acid groups (broad SMARTS) is 1. The predicted molar refractivity (Wildman–Crippen MR) is 70.7 cm³/mol. The molecule has 0 radical (unpaired) electrons. The molecule has 0 saturated heterocycles. The lowest BCUT2D eigenvalue weighted by Crippen LogP contribution is -2.24. The summed E-state index contributed by atoms with van der Waals surface area (Å²) >= 11 is 8.08. The Bertz CT molecular complexity index is 447. The van der Waals surface area contributed by atoms with Gasteiger partial charge in [0, 0.05) is 10.0 Å². The second-order valence-electron chi connectivity index (χ2n) is 2.66. The van der Waals surface area contributed by atoms with Gasteiger partial charge in [0.1, 0.15) is 0 Å². The third-order valence-corrected chi connectivity index (χ3v) is 3.22. The van der Waals surface area contributed by atoms with Crippen molar-refractivity contribution < 1.29 is 19.4 Å². The van der Waals surface area contributed by atoms with Crippen LogP contribution in [0.15, 0.2) is 21.1 Å². The summed E-state index contributed by atoms with van der Waals surface area (Å²) in [5, 5.41) is 10.9. The molecule has 0 unspecified atom stereocenters. The van der Waals surface area contributed by atoms with E-state index in [0.717, 1.165) is 0 Å². The van der Waals surface area contributed by atoms with Crippen LogP contribution in [0.4, 0.5) is 0 Å². The number of hydrogen-bond acceptors (Lipinski definition) is 4. The molecule has 0 spiro atoms. The van der Waals surface area contributed by atoms with E-state index in [1.165, 1.54) is 6.07 Å². The van der Waals surface area contributed by atoms with Crippen molar-refractivity contribution in [3.8, 4) is 5.75 Å². The number of carboxylic acids is 1. The maximum atomic E-state index is 11.1. The molecule has 86 valence electrons. The van der Waals surface area contributed by atoms with Crippen molar-refractivity contribution in [2.45, 2.75) is 0 Å². The minimum absolute atomic E-state index is 0.0372. The Morgan fingerprint density at radius 1 is 1.38 bits per heavy atom. The quantitative estimate of drug-likeness (QED) is 0.298. The molecule has 0 heterocycles. The second kappa shape index (κ2) is 5.97. The lowest BCUT2D eigenvalue weighted by atomic mass is 10.2. The number of esters is 1. The zero-order valence-electron chi connectivity index (χ0n) is 7.63. The van der Waals surface area contributed by atoms with Gasteiger partial charge in [0.05, 0.1) is 14.9 Å². The molecule has 0 aromatic heterocycles. The normalized spacial score (nSPS) is 9.94. The first-order valence-electron chi connectivity index (χ1n) is 3.92. The molecule has 0 amide bonds. The standard InChI is InChI=1S/C9H5Br2IO4/c10-4-1-5(9(14)15)8(6(11)2-4)16-7(13)3-12/h1-2H,3H2,(H,14,15)/p-1. The number of alkyl halides is 1. The lowest BCUT2D eigenvalue weighted by molar-refractivity contribution is -0.255. The first-order valence-corrected chi connectivity index (χ1v) is 7.04. The van der Waals surface area contributed by atoms with Gasteiger partial charge in [-0.2, -0.15) is 0 Å². The van der Waals surface area contributed by atoms with E-state index < -0.39 is 11.9 Å². The minimum Gasteiger partial charge on any atom is -0.545 e. The van der Waals surface area contributed by atoms with E-state index >= 15 is 0 Å². The number of ether oxygens (including phenoxy) is 1. The maximum Gasteiger partial charge on any atom is 0.321 e. The molecule has 4 nitrogen and oxygen atoms in total. The summed E-state index contributed by atoms with van der Waals surface area (Å²) in [6, 6.07) is 2.90. The van der Waals surface area contributed by atoms with Crippen molar-refractivity contribution in [2.75, 3.05) is 4.43 Å². The number of aromatic carboxylic acids is 1. The molecule has 0 fully saturated rings. The van der Waals surface area contributed by atoms with Gasteiger partial charge < -0.3 is 14.6 Å². The number of hydrogen-bond donors (Lipinski definition) is 0. The highest BCUT2D eigenvalue weighted by atomic mass is 127. The Hall–Kier alpha value is -0.150. The zero-order valence-corrected chi connectivity index (χ0v) is 13.0. The van der Waals surface area contributed by atoms with Gasteiger partial charge in [-0.3, -0.25) is 4.79 Å². The average molecular weight is 463 g/mol. The molecule has 0 atom stereocenters. The van der Waals surface area contributed by atoms with Crippen LogP contribution in [-0.4, -0.2) is 16.4 Å². The molecule has 1 aromatic rings. The highest BCUT2D eigenvalue weighted by Crippen LogP contribution is 2.32. The van der Waals surface area contributed by atoms with Crippen LogP contribution in [0, 0.1) is 0 Å². The van der Waals surface area contributed by atoms with Crippen molar-refractivity contribution in [2.24, 2.45) is 0 Å². The van der Waals surface area contributed by atoms with E-state index in [9.17, 15) is 14.7 Å². The fourth-order valence-corrected chi connectivity index (χ4v) is 2.42. The van der Waals surface area contributed by atoms with Crippen molar-refractivity contribution >= 4 is 66.4 Å². The molecule has 0 bridgehead atoms. The Morgan fingerprint density at radius 2 is 2.00 bits per heavy atom. The Morgan fingerprint density at radius 3 is 2.50 bits per heavy atom. The number of halogens is 3. The van der Waals surface area contributed by atoms with Gasteiger partial charge in [0.2, 0.25) is 0 Å². The van der Waals surface area contributed by atoms with Crippen LogP contribution < -0.4 is 9.84 Å². The summed E-state index contributed by atoms with van der Waals surface area (Å²) in [7, 11) is 0. The van der Waals surface area contributed by atoms with Gasteiger partial charge in [-0.1, -0.05) is 38.5 Å². The molecule has 0 aliphatic carbocycles. The summed E-state index contributed by atoms with van der Waals surface area (Å²) in [5.74, 6) is -1.96. The first-order chi connectivity index (χ1) is 7.45. The van der Waals surface area contributed by atoms with Gasteiger partial charge >= 0.3 is 5.97 Å². The molecule has 0 aliphatic heterocycles. The van der Waals surface area contributed by atoms with Crippen LogP contribution >= 0.6 is 54.5 Å². The number of benzene rings is 1. The van der Waals surface area contributed by atoms with Crippen LogP contribution in [0.1, 0.15) is 10.4 Å². The first kappa shape index (κ1) is 13.9. The van der Waals surface area contributed by atoms with Gasteiger partial charge in [-0.15, -0.1) is 0 Å². The number of carbonyl (C=O) groups excluding carboxylic acids is 2. The molecule has 0 N–H and O–H groups in total. The predicted octanol–water partition coefficient (Wildman–Crippen LogP) is 1.92. The SMILES string of the molecule is O=C(CI)Oc1c(Br)cc(Br)cc1C(=O)[O-]. The second-order valence-corrected chi connectivity index (χ2v) is 5.19. The molecular formula is C9H4Br2IO4-. The summed E-state index contributed by atoms with van der Waals surface area (Å²) in [6.45, 7) is 0. The van der Waals surface area contributed by atoms with E-state index in [2.05, 4.69) is 31.9 Å². The number of rotatable bonds is 3. The Balaban J connectivity index is 3.24. The summed E-state index contributed by atoms with van der Waals surface area (Å²) in [5.41, 5.74) is -0.181. The molecule has 1 aromatic carbocycles. The fourth-order valence-electron chi connectivity index (χ4n) is 0.957. The van der Waals surface area contributed by atoms with Crippen LogP contribution in [0.25, 0.3) is 0 Å². The highest BCUT2D eigenvalue weighted by molar-refractivity contribution is 14.1. The molecule has 7 heteroatoms. The fraction of sp³-hybridized carbons (Fsp3) is 0.111. The van der Waals surface area contributed by atoms with Crippen molar-refractivity contribution in [3.05, 3.63) is 26.6 Å². The molecule has 16 heavy (non-hydrogen) atoms. The van der Waals surface area contributed by atoms with Crippen LogP contribution in [0.2, 0.25) is 0 Å². The topological polar surface area (TPSA) is 66.4 Å². The molecule has 1 rings (SSSR count).